The summed E-state index contributed by atoms with van der Waals surface area (Å²) < 4.78 is 1.66. The molecule has 1 aliphatic rings. The maximum atomic E-state index is 13.0. The van der Waals surface area contributed by atoms with E-state index in [0.717, 1.165) is 42.0 Å². The number of H-pyrrole nitrogens is 2. The predicted molar refractivity (Wildman–Crippen MR) is 93.5 cm³/mol. The second-order valence-corrected chi connectivity index (χ2v) is 6.62. The van der Waals surface area contributed by atoms with Gasteiger partial charge in [-0.3, -0.25) is 14.7 Å². The van der Waals surface area contributed by atoms with Crippen LogP contribution in [0, 0.1) is 13.8 Å². The third-order valence-corrected chi connectivity index (χ3v) is 5.08. The van der Waals surface area contributed by atoms with Gasteiger partial charge in [-0.2, -0.15) is 0 Å². The number of aromatic nitrogens is 4. The normalized spacial score (nSPS) is 17.5. The monoisotopic (exact) mass is 339 g/mol. The van der Waals surface area contributed by atoms with Gasteiger partial charge in [-0.1, -0.05) is 0 Å². The molecule has 7 heteroatoms. The van der Waals surface area contributed by atoms with Crippen molar-refractivity contribution in [3.8, 4) is 0 Å². The van der Waals surface area contributed by atoms with Crippen molar-refractivity contribution in [1.82, 2.24) is 24.5 Å². The topological polar surface area (TPSA) is 86.3 Å². The largest absolute Gasteiger partial charge is 0.363 e. The molecular weight excluding hydrogens is 318 g/mol. The van der Waals surface area contributed by atoms with Crippen molar-refractivity contribution in [2.24, 2.45) is 0 Å². The molecule has 4 rings (SSSR count). The molecule has 0 radical (unpaired) electrons. The van der Waals surface area contributed by atoms with Crippen LogP contribution in [0.4, 0.5) is 0 Å². The molecule has 1 atom stereocenters. The van der Waals surface area contributed by atoms with E-state index >= 15 is 0 Å². The highest BCUT2D eigenvalue weighted by Gasteiger charge is 2.31. The minimum Gasteiger partial charge on any atom is -0.363 e. The van der Waals surface area contributed by atoms with E-state index in [2.05, 4.69) is 15.1 Å². The average molecular weight is 339 g/mol. The molecule has 0 spiro atoms. The smallest absolute Gasteiger partial charge is 0.266 e. The van der Waals surface area contributed by atoms with Crippen LogP contribution in [0.1, 0.15) is 41.5 Å². The molecule has 0 aromatic carbocycles. The lowest BCUT2D eigenvalue weighted by atomic mass is 10.1. The summed E-state index contributed by atoms with van der Waals surface area (Å²) in [6, 6.07) is 5.58. The number of carbonyl (C=O) groups excluding carboxylic acids is 1. The minimum atomic E-state index is -0.190. The number of hydrogen-bond acceptors (Lipinski definition) is 3. The van der Waals surface area contributed by atoms with Gasteiger partial charge in [-0.15, -0.1) is 0 Å². The summed E-state index contributed by atoms with van der Waals surface area (Å²) in [6.07, 6.45) is 4.17. The maximum absolute atomic E-state index is 13.0. The second-order valence-electron chi connectivity index (χ2n) is 6.62. The number of nitrogens with zero attached hydrogens (tertiary/aromatic N) is 3. The molecule has 0 saturated carbocycles. The molecule has 1 fully saturated rings. The van der Waals surface area contributed by atoms with Gasteiger partial charge in [0, 0.05) is 41.5 Å². The van der Waals surface area contributed by atoms with Crippen molar-refractivity contribution in [2.45, 2.75) is 39.2 Å². The quantitative estimate of drug-likeness (QED) is 0.764. The van der Waals surface area contributed by atoms with Crippen molar-refractivity contribution >= 4 is 11.6 Å². The first kappa shape index (κ1) is 15.7. The van der Waals surface area contributed by atoms with Crippen LogP contribution in [-0.2, 0) is 11.2 Å². The van der Waals surface area contributed by atoms with Crippen molar-refractivity contribution in [2.75, 3.05) is 6.54 Å². The Morgan fingerprint density at radius 2 is 2.24 bits per heavy atom. The maximum Gasteiger partial charge on any atom is 0.266 e. The number of nitrogens with one attached hydrogen (secondary N) is 2. The molecule has 7 nitrogen and oxygen atoms in total. The highest BCUT2D eigenvalue weighted by Crippen LogP contribution is 2.31. The zero-order valence-corrected chi connectivity index (χ0v) is 14.4. The number of carbonyl (C=O) groups is 1. The molecule has 130 valence electrons. The van der Waals surface area contributed by atoms with E-state index in [-0.39, 0.29) is 23.9 Å². The number of hydrogen-bond donors (Lipinski definition) is 2. The van der Waals surface area contributed by atoms with Crippen LogP contribution in [0.2, 0.25) is 0 Å². The molecule has 25 heavy (non-hydrogen) atoms. The molecule has 1 aliphatic heterocycles. The Balaban J connectivity index is 1.64. The number of aromatic amines is 2. The van der Waals surface area contributed by atoms with E-state index in [1.165, 1.54) is 6.07 Å². The minimum absolute atomic E-state index is 0.0963. The second kappa shape index (κ2) is 5.91. The number of amides is 1. The Kier molecular flexibility index (Phi) is 3.71. The summed E-state index contributed by atoms with van der Waals surface area (Å²) in [5.74, 6) is 0.0963. The highest BCUT2D eigenvalue weighted by molar-refractivity contribution is 5.80. The van der Waals surface area contributed by atoms with Crippen LogP contribution < -0.4 is 5.56 Å². The van der Waals surface area contributed by atoms with E-state index < -0.39 is 0 Å². The van der Waals surface area contributed by atoms with Gasteiger partial charge < -0.3 is 9.88 Å². The van der Waals surface area contributed by atoms with Crippen LogP contribution in [0.15, 0.2) is 29.2 Å². The molecule has 1 saturated heterocycles. The van der Waals surface area contributed by atoms with Crippen LogP contribution >= 0.6 is 0 Å². The van der Waals surface area contributed by atoms with Crippen LogP contribution in [0.3, 0.4) is 0 Å². The molecule has 2 N–H and O–H groups in total. The molecular formula is C18H21N5O2. The van der Waals surface area contributed by atoms with E-state index in [4.69, 9.17) is 0 Å². The molecule has 3 aromatic rings. The molecule has 0 bridgehead atoms. The van der Waals surface area contributed by atoms with Gasteiger partial charge in [0.25, 0.3) is 5.56 Å². The van der Waals surface area contributed by atoms with Crippen molar-refractivity contribution < 1.29 is 4.79 Å². The standard InChI is InChI=1S/C18H21N5O2/c1-11-13(12(2)23-16(20-11)10-17(24)21-23)9-18(25)22-8-4-6-15(22)14-5-3-7-19-14/h3,5,7,10,15,19H,4,6,8-9H2,1-2H3,(H,21,24). The lowest BCUT2D eigenvalue weighted by molar-refractivity contribution is -0.131. The van der Waals surface area contributed by atoms with Crippen LogP contribution in [-0.4, -0.2) is 36.9 Å². The Hall–Kier alpha value is -2.83. The van der Waals surface area contributed by atoms with E-state index in [0.29, 0.717) is 5.65 Å². The zero-order chi connectivity index (χ0) is 17.6. The van der Waals surface area contributed by atoms with Gasteiger partial charge in [-0.25, -0.2) is 9.50 Å². The van der Waals surface area contributed by atoms with Gasteiger partial charge in [0.05, 0.1) is 12.5 Å². The summed E-state index contributed by atoms with van der Waals surface area (Å²) in [7, 11) is 0. The summed E-state index contributed by atoms with van der Waals surface area (Å²) in [6.45, 7) is 4.57. The number of likely N-dealkylation sites (tertiary alicyclic amines) is 1. The number of fused-ring (bicyclic) bond motifs is 1. The summed E-state index contributed by atoms with van der Waals surface area (Å²) in [5.41, 5.74) is 4.00. The Morgan fingerprint density at radius 3 is 3.00 bits per heavy atom. The van der Waals surface area contributed by atoms with Gasteiger partial charge in [0.1, 0.15) is 0 Å². The third-order valence-electron chi connectivity index (χ3n) is 5.08. The molecule has 0 aliphatic carbocycles. The first-order chi connectivity index (χ1) is 12.0. The predicted octanol–water partition coefficient (Wildman–Crippen LogP) is 1.87. The van der Waals surface area contributed by atoms with Crippen molar-refractivity contribution in [3.05, 3.63) is 57.4 Å². The molecule has 1 unspecified atom stereocenters. The van der Waals surface area contributed by atoms with Gasteiger partial charge in [0.15, 0.2) is 5.65 Å². The van der Waals surface area contributed by atoms with Gasteiger partial charge in [-0.05, 0) is 38.8 Å². The SMILES string of the molecule is Cc1nc2cc(=O)[nH]n2c(C)c1CC(=O)N1CCCC1c1ccc[nH]1. The molecule has 4 heterocycles. The van der Waals surface area contributed by atoms with Crippen molar-refractivity contribution in [3.63, 3.8) is 0 Å². The lowest BCUT2D eigenvalue weighted by Gasteiger charge is -2.25. The summed E-state index contributed by atoms with van der Waals surface area (Å²) in [5, 5.41) is 2.74. The summed E-state index contributed by atoms with van der Waals surface area (Å²) in [4.78, 5) is 34.2. The van der Waals surface area contributed by atoms with Crippen molar-refractivity contribution in [1.29, 1.82) is 0 Å². The highest BCUT2D eigenvalue weighted by atomic mass is 16.2. The van der Waals surface area contributed by atoms with E-state index in [1.807, 2.05) is 37.1 Å². The number of aryl methyl sites for hydroxylation is 2. The first-order valence-electron chi connectivity index (χ1n) is 8.55. The fourth-order valence-electron chi connectivity index (χ4n) is 3.80. The average Bonchev–Trinajstić information content (AvgIpc) is 3.29. The number of rotatable bonds is 3. The van der Waals surface area contributed by atoms with Crippen LogP contribution in [0.5, 0.6) is 0 Å². The molecule has 3 aromatic heterocycles. The fourth-order valence-corrected chi connectivity index (χ4v) is 3.80. The summed E-state index contributed by atoms with van der Waals surface area (Å²) >= 11 is 0. The Bertz CT molecular complexity index is 983. The molecule has 1 amide bonds. The Morgan fingerprint density at radius 1 is 1.40 bits per heavy atom. The van der Waals surface area contributed by atoms with Gasteiger partial charge >= 0.3 is 0 Å². The Labute approximate surface area is 144 Å². The lowest BCUT2D eigenvalue weighted by Crippen LogP contribution is -2.32. The fraction of sp³-hybridized carbons (Fsp3) is 0.389. The first-order valence-corrected chi connectivity index (χ1v) is 8.55. The van der Waals surface area contributed by atoms with E-state index in [1.54, 1.807) is 4.52 Å². The zero-order valence-electron chi connectivity index (χ0n) is 14.4. The third kappa shape index (κ3) is 2.65. The van der Waals surface area contributed by atoms with E-state index in [9.17, 15) is 9.59 Å². The van der Waals surface area contributed by atoms with Gasteiger partial charge in [0.2, 0.25) is 5.91 Å². The van der Waals surface area contributed by atoms with Crippen LogP contribution in [0.25, 0.3) is 5.65 Å².